The number of benzene rings is 1. The van der Waals surface area contributed by atoms with Gasteiger partial charge in [-0.05, 0) is 31.5 Å². The van der Waals surface area contributed by atoms with Crippen molar-refractivity contribution in [2.45, 2.75) is 20.3 Å². The minimum Gasteiger partial charge on any atom is -0.465 e. The summed E-state index contributed by atoms with van der Waals surface area (Å²) in [6.45, 7) is 4.43. The lowest BCUT2D eigenvalue weighted by Crippen LogP contribution is -2.37. The van der Waals surface area contributed by atoms with Gasteiger partial charge in [-0.3, -0.25) is 9.59 Å². The maximum Gasteiger partial charge on any atom is 0.325 e. The molecule has 0 fully saturated rings. The number of amides is 1. The van der Waals surface area contributed by atoms with Crippen molar-refractivity contribution >= 4 is 27.8 Å². The normalized spacial score (nSPS) is 10.1. The molecule has 4 nitrogen and oxygen atoms in total. The molecule has 5 heteroatoms. The Hall–Kier alpha value is -1.36. The number of likely N-dealkylation sites (N-methyl/N-ethyl adjacent to an activating group) is 1. The van der Waals surface area contributed by atoms with Crippen molar-refractivity contribution in [3.8, 4) is 0 Å². The van der Waals surface area contributed by atoms with Crippen LogP contribution in [-0.4, -0.2) is 36.5 Å². The number of carbonyl (C=O) groups is 2. The molecular weight excluding hydrogens is 310 g/mol. The fourth-order valence-electron chi connectivity index (χ4n) is 1.63. The molecule has 0 unspecified atom stereocenters. The van der Waals surface area contributed by atoms with E-state index >= 15 is 0 Å². The summed E-state index contributed by atoms with van der Waals surface area (Å²) >= 11 is 3.35. The molecule has 0 bridgehead atoms. The van der Waals surface area contributed by atoms with Gasteiger partial charge < -0.3 is 9.64 Å². The smallest absolute Gasteiger partial charge is 0.325 e. The third kappa shape index (κ3) is 5.42. The number of ether oxygens (including phenoxy) is 1. The first-order valence-electron chi connectivity index (χ1n) is 6.24. The fraction of sp³-hybridized carbons (Fsp3) is 0.429. The molecule has 0 radical (unpaired) electrons. The van der Waals surface area contributed by atoms with Crippen molar-refractivity contribution in [2.24, 2.45) is 0 Å². The molecule has 104 valence electrons. The maximum atomic E-state index is 12.1. The van der Waals surface area contributed by atoms with Crippen LogP contribution in [-0.2, 0) is 20.7 Å². The molecule has 0 saturated carbocycles. The van der Waals surface area contributed by atoms with Gasteiger partial charge in [-0.25, -0.2) is 0 Å². The van der Waals surface area contributed by atoms with Crippen molar-refractivity contribution < 1.29 is 14.3 Å². The maximum absolute atomic E-state index is 12.1. The molecule has 1 aromatic carbocycles. The van der Waals surface area contributed by atoms with Gasteiger partial charge in [-0.15, -0.1) is 0 Å². The van der Waals surface area contributed by atoms with Crippen LogP contribution < -0.4 is 0 Å². The summed E-state index contributed by atoms with van der Waals surface area (Å²) < 4.78 is 5.83. The Labute approximate surface area is 121 Å². The van der Waals surface area contributed by atoms with Crippen molar-refractivity contribution in [2.75, 3.05) is 19.7 Å². The predicted octanol–water partition coefficient (Wildman–Crippen LogP) is 2.40. The molecule has 0 spiro atoms. The van der Waals surface area contributed by atoms with Crippen LogP contribution in [0.5, 0.6) is 0 Å². The summed E-state index contributed by atoms with van der Waals surface area (Å²) in [7, 11) is 0. The highest BCUT2D eigenvalue weighted by molar-refractivity contribution is 9.10. The molecule has 0 atom stereocenters. The Morgan fingerprint density at radius 1 is 1.21 bits per heavy atom. The Bertz CT molecular complexity index is 431. The van der Waals surface area contributed by atoms with Crippen LogP contribution >= 0.6 is 15.9 Å². The van der Waals surface area contributed by atoms with Crippen LogP contribution in [0.25, 0.3) is 0 Å². The van der Waals surface area contributed by atoms with E-state index in [4.69, 9.17) is 4.74 Å². The van der Waals surface area contributed by atoms with Gasteiger partial charge in [0.05, 0.1) is 13.0 Å². The molecule has 0 aliphatic carbocycles. The van der Waals surface area contributed by atoms with Crippen LogP contribution in [0.2, 0.25) is 0 Å². The van der Waals surface area contributed by atoms with Gasteiger partial charge in [0.25, 0.3) is 0 Å². The molecule has 0 aliphatic heterocycles. The highest BCUT2D eigenvalue weighted by Crippen LogP contribution is 2.11. The largest absolute Gasteiger partial charge is 0.465 e. The molecule has 0 N–H and O–H groups in total. The van der Waals surface area contributed by atoms with Crippen molar-refractivity contribution in [1.82, 2.24) is 4.90 Å². The Morgan fingerprint density at radius 2 is 1.84 bits per heavy atom. The van der Waals surface area contributed by atoms with Crippen LogP contribution in [0, 0.1) is 0 Å². The number of hydrogen-bond acceptors (Lipinski definition) is 3. The lowest BCUT2D eigenvalue weighted by Gasteiger charge is -2.19. The molecule has 19 heavy (non-hydrogen) atoms. The first-order chi connectivity index (χ1) is 9.06. The van der Waals surface area contributed by atoms with E-state index in [2.05, 4.69) is 15.9 Å². The first kappa shape index (κ1) is 15.7. The average molecular weight is 328 g/mol. The number of nitrogens with zero attached hydrogens (tertiary/aromatic N) is 1. The summed E-state index contributed by atoms with van der Waals surface area (Å²) in [5, 5.41) is 0. The third-order valence-corrected chi connectivity index (χ3v) is 3.16. The van der Waals surface area contributed by atoms with Gasteiger partial charge in [0.2, 0.25) is 5.91 Å². The van der Waals surface area contributed by atoms with E-state index in [0.717, 1.165) is 10.0 Å². The number of esters is 1. The highest BCUT2D eigenvalue weighted by atomic mass is 79.9. The topological polar surface area (TPSA) is 46.6 Å². The second-order valence-corrected chi connectivity index (χ2v) is 4.93. The van der Waals surface area contributed by atoms with E-state index in [1.54, 1.807) is 6.92 Å². The number of rotatable bonds is 6. The molecule has 0 aromatic heterocycles. The van der Waals surface area contributed by atoms with Crippen LogP contribution in [0.15, 0.2) is 28.7 Å². The first-order valence-corrected chi connectivity index (χ1v) is 7.04. The van der Waals surface area contributed by atoms with Gasteiger partial charge >= 0.3 is 5.97 Å². The standard InChI is InChI=1S/C14H18BrNO3/c1-3-16(10-14(18)19-4-2)13(17)9-11-5-7-12(15)8-6-11/h5-8H,3-4,9-10H2,1-2H3. The van der Waals surface area contributed by atoms with E-state index in [0.29, 0.717) is 19.6 Å². The number of halogens is 1. The minimum absolute atomic E-state index is 0.0136. The van der Waals surface area contributed by atoms with Crippen LogP contribution in [0.1, 0.15) is 19.4 Å². The quantitative estimate of drug-likeness (QED) is 0.754. The van der Waals surface area contributed by atoms with E-state index in [9.17, 15) is 9.59 Å². The summed E-state index contributed by atoms with van der Waals surface area (Å²) in [4.78, 5) is 25.0. The van der Waals surface area contributed by atoms with Crippen LogP contribution in [0.3, 0.4) is 0 Å². The molecule has 1 aromatic rings. The SMILES string of the molecule is CCOC(=O)CN(CC)C(=O)Cc1ccc(Br)cc1. The molecule has 1 amide bonds. The van der Waals surface area contributed by atoms with E-state index < -0.39 is 0 Å². The summed E-state index contributed by atoms with van der Waals surface area (Å²) in [5.41, 5.74) is 0.926. The monoisotopic (exact) mass is 327 g/mol. The molecular formula is C14H18BrNO3. The lowest BCUT2D eigenvalue weighted by atomic mass is 10.1. The number of hydrogen-bond donors (Lipinski definition) is 0. The van der Waals surface area contributed by atoms with Crippen LogP contribution in [0.4, 0.5) is 0 Å². The van der Waals surface area contributed by atoms with Crippen molar-refractivity contribution in [3.05, 3.63) is 34.3 Å². The molecule has 0 heterocycles. The third-order valence-electron chi connectivity index (χ3n) is 2.63. The number of carbonyl (C=O) groups excluding carboxylic acids is 2. The Balaban J connectivity index is 2.58. The van der Waals surface area contributed by atoms with Gasteiger partial charge in [0, 0.05) is 11.0 Å². The second kappa shape index (κ2) is 7.94. The summed E-state index contributed by atoms with van der Waals surface area (Å²) in [6.07, 6.45) is 0.292. The lowest BCUT2D eigenvalue weighted by molar-refractivity contribution is -0.148. The van der Waals surface area contributed by atoms with E-state index in [1.807, 2.05) is 31.2 Å². The van der Waals surface area contributed by atoms with E-state index in [1.165, 1.54) is 4.90 Å². The highest BCUT2D eigenvalue weighted by Gasteiger charge is 2.16. The zero-order valence-corrected chi connectivity index (χ0v) is 12.8. The van der Waals surface area contributed by atoms with E-state index in [-0.39, 0.29) is 18.4 Å². The van der Waals surface area contributed by atoms with Crippen molar-refractivity contribution in [1.29, 1.82) is 0 Å². The van der Waals surface area contributed by atoms with Crippen molar-refractivity contribution in [3.63, 3.8) is 0 Å². The van der Waals surface area contributed by atoms with Gasteiger partial charge in [-0.1, -0.05) is 28.1 Å². The molecule has 1 rings (SSSR count). The Morgan fingerprint density at radius 3 is 2.37 bits per heavy atom. The molecule has 0 aliphatic rings. The fourth-order valence-corrected chi connectivity index (χ4v) is 1.89. The van der Waals surface area contributed by atoms with Gasteiger partial charge in [0.1, 0.15) is 6.54 Å². The second-order valence-electron chi connectivity index (χ2n) is 4.02. The zero-order valence-electron chi connectivity index (χ0n) is 11.2. The Kier molecular flexibility index (Phi) is 6.56. The summed E-state index contributed by atoms with van der Waals surface area (Å²) in [5.74, 6) is -0.439. The summed E-state index contributed by atoms with van der Waals surface area (Å²) in [6, 6.07) is 7.56. The van der Waals surface area contributed by atoms with Gasteiger partial charge in [-0.2, -0.15) is 0 Å². The van der Waals surface area contributed by atoms with Gasteiger partial charge in [0.15, 0.2) is 0 Å². The zero-order chi connectivity index (χ0) is 14.3. The minimum atomic E-state index is -0.367. The average Bonchev–Trinajstić information content (AvgIpc) is 2.39. The molecule has 0 saturated heterocycles. The predicted molar refractivity (Wildman–Crippen MR) is 76.7 cm³/mol.